The van der Waals surface area contributed by atoms with E-state index in [1.807, 2.05) is 21.7 Å². The summed E-state index contributed by atoms with van der Waals surface area (Å²) in [6.45, 7) is -6.03. The molecule has 8 atom stereocenters. The number of carbonyl (C=O) groups excluding carboxylic acids is 8. The number of ether oxygens (including phenoxy) is 3. The topological polar surface area (TPSA) is 818 Å². The van der Waals surface area contributed by atoms with Gasteiger partial charge >= 0.3 is 297 Å². The van der Waals surface area contributed by atoms with Crippen molar-refractivity contribution >= 4 is 344 Å². The van der Waals surface area contributed by atoms with E-state index in [1.54, 1.807) is 42.0 Å². The van der Waals surface area contributed by atoms with Gasteiger partial charge in [0.25, 0.3) is 35.4 Å². The van der Waals surface area contributed by atoms with Crippen LogP contribution in [0.25, 0.3) is 0 Å². The Hall–Kier alpha value is 8.96. The molecule has 4 aromatic rings. The minimum absolute atomic E-state index is 0. The molecule has 0 spiro atoms. The quantitative estimate of drug-likeness (QED) is 0.00642. The Morgan fingerprint density at radius 1 is 0.299 bits per heavy atom. The molecule has 54 nitrogen and oxygen atoms in total. The summed E-state index contributed by atoms with van der Waals surface area (Å²) in [4.78, 5) is 186. The molecule has 0 aliphatic heterocycles. The predicted octanol–water partition coefficient (Wildman–Crippen LogP) is -36.0. The van der Waals surface area contributed by atoms with Crippen LogP contribution in [0, 0.1) is 6.92 Å². The molecule has 0 fully saturated rings. The molecule has 78 heteroatoms. The average molecular weight is 2110 g/mol. The van der Waals surface area contributed by atoms with Gasteiger partial charge in [0.2, 0.25) is 5.91 Å². The molecule has 127 heavy (non-hydrogen) atoms. The largest absolute Gasteiger partial charge is 1.00 e. The van der Waals surface area contributed by atoms with Gasteiger partial charge in [-0.1, -0.05) is 17.7 Å². The first-order valence-electron chi connectivity index (χ1n) is 29.5. The van der Waals surface area contributed by atoms with Crippen LogP contribution in [0.2, 0.25) is 0 Å². The van der Waals surface area contributed by atoms with Gasteiger partial charge in [-0.05, 0) is 84.3 Å². The number of hydrogen-bond donors (Lipinski definition) is 15. The number of benzene rings is 4. The Labute approximate surface area is 1080 Å². The summed E-state index contributed by atoms with van der Waals surface area (Å²) < 4.78 is 140. The molecule has 0 heterocycles. The normalized spacial score (nSPS) is 14.0. The van der Waals surface area contributed by atoms with E-state index in [9.17, 15) is 156 Å². The predicted molar refractivity (Wildman–Crippen MR) is 387 cm³/mol. The van der Waals surface area contributed by atoms with Crippen molar-refractivity contribution in [2.75, 3.05) is 83.0 Å². The third kappa shape index (κ3) is 69.0. The summed E-state index contributed by atoms with van der Waals surface area (Å²) in [6, 6.07) is 16.1. The van der Waals surface area contributed by atoms with E-state index < -0.39 is 226 Å². The monoisotopic (exact) mass is 2110 g/mol. The molecule has 15 N–H and O–H groups in total. The van der Waals surface area contributed by atoms with Crippen LogP contribution >= 0.6 is 60.8 Å². The van der Waals surface area contributed by atoms with Gasteiger partial charge in [0.15, 0.2) is 5.78 Å². The van der Waals surface area contributed by atoms with Gasteiger partial charge in [-0.25, -0.2) is 0 Å². The molecular formula is C49H63N11Na16O43P8. The number of amides is 7. The van der Waals surface area contributed by atoms with Crippen LogP contribution in [0.3, 0.4) is 0 Å². The van der Waals surface area contributed by atoms with E-state index in [0.717, 1.165) is 42.0 Å². The third-order valence-corrected chi connectivity index (χ3v) is 21.0. The van der Waals surface area contributed by atoms with Crippen LogP contribution in [-0.2, 0) is 113 Å². The van der Waals surface area contributed by atoms with E-state index in [2.05, 4.69) is 42.7 Å². The van der Waals surface area contributed by atoms with Gasteiger partial charge in [-0.15, -0.1) is 0 Å². The van der Waals surface area contributed by atoms with E-state index in [1.165, 1.54) is 18.2 Å². The number of nitrogens with one attached hydrogen (secondary N) is 7. The SMILES string of the molecule is Cc1ccc(OCc2cc(OCc3cc(C(=O)CNC(=O)CN(CP(=O)(O)O[O-])CP(=O)(O)O[O-])cc(C(=O)NNC(=O)CN(CP(=O)(O)O[O-])CP(=O)(O)O[O-])c3)cc(OCc3cc(C(=O)NNC(=O)CN(CP(=O)(O)O[O-])CP(=O)(O)O[O-])cc(C(=O)NNC(=O)CN(CP(=O)(O)O[O-])CP(=O)(O)O[O-])c3)c2)cc1.[Na+].[Na+].[Na+].[Na+].[Na+].[Na+].[Na+].[Na+].[Na].[Na].[Na].[Na].[Na].[Na].[Na].[Na]. The fourth-order valence-corrected chi connectivity index (χ4v) is 15.4. The van der Waals surface area contributed by atoms with Crippen molar-refractivity contribution in [3.63, 3.8) is 0 Å². The van der Waals surface area contributed by atoms with Crippen molar-refractivity contribution in [1.29, 1.82) is 0 Å². The van der Waals surface area contributed by atoms with Crippen molar-refractivity contribution in [1.82, 2.24) is 57.5 Å². The molecular weight excluding hydrogens is 2050 g/mol. The van der Waals surface area contributed by atoms with E-state index in [4.69, 9.17) is 14.2 Å². The maximum absolute atomic E-state index is 13.9. The van der Waals surface area contributed by atoms with Crippen LogP contribution in [0.5, 0.6) is 17.2 Å². The molecule has 0 bridgehead atoms. The molecule has 4 rings (SSSR count). The second-order valence-corrected chi connectivity index (χ2v) is 36.3. The molecule has 0 aromatic heterocycles. The molecule has 0 saturated carbocycles. The van der Waals surface area contributed by atoms with Crippen LogP contribution in [0.4, 0.5) is 0 Å². The number of aryl methyl sites for hydroxylation is 1. The standard InChI is InChI=1S/C49H71N11O43P8.16Na/c1-31-2-4-39(5-3-31)93-22-34-10-40(94-20-32-6-35(42(61)15-50-43(62)16-57(23-104(77,78)96-69)24-105(79,80)97-70)12-36(7-32)47(66)54-51-44(63)17-58(25-106(81,82)98-71)26-107(83,84)99-72)14-41(11-34)95-21-33-8-37(48(67)55-52-45(64)18-59(27-108(85,86)100-73)28-109(87,88)101-74)13-38(9-33)49(68)56-53-46(65)19-60(29-110(89,90)102-75)30-111(91,92)103-76;;;;;;;;;;;;;;;;/h2-14,69-76H,15-30H2,1H3,(H,50,62)(H,51,63)(H,52,64)(H,53,65)(H,54,66)(H,55,67)(H,56,68)(H,77,78)(H,79,80)(H,81,82)(H,83,84)(H,85,86)(H,87,88)(H,89,90)(H,91,92);;;;;;;;;;;;;;;;/q;;;;;;;;;8*+1/p-8. The maximum Gasteiger partial charge on any atom is 1.00 e. The summed E-state index contributed by atoms with van der Waals surface area (Å²) in [5.41, 5.74) is 9.44. The number of carbonyl (C=O) groups is 8. The summed E-state index contributed by atoms with van der Waals surface area (Å²) in [5.74, 6) is -10.7. The summed E-state index contributed by atoms with van der Waals surface area (Å²) >= 11 is 0. The van der Waals surface area contributed by atoms with Crippen LogP contribution in [0.15, 0.2) is 78.9 Å². The van der Waals surface area contributed by atoms with E-state index in [0.29, 0.717) is 10.6 Å². The molecule has 4 aromatic carbocycles. The Bertz CT molecular complexity index is 3890. The number of ketones is 1. The number of hydrogen-bond acceptors (Lipinski definition) is 39. The van der Waals surface area contributed by atoms with Gasteiger partial charge in [-0.2, -0.15) is 0 Å². The van der Waals surface area contributed by atoms with Crippen molar-refractivity contribution in [2.45, 2.75) is 26.7 Å². The Morgan fingerprint density at radius 2 is 0.512 bits per heavy atom. The Morgan fingerprint density at radius 3 is 0.756 bits per heavy atom. The third-order valence-electron chi connectivity index (χ3n) is 13.1. The van der Waals surface area contributed by atoms with Crippen molar-refractivity contribution < 1.29 is 444 Å². The first-order valence-corrected chi connectivity index (χ1v) is 43.6. The second kappa shape index (κ2) is 81.0. The van der Waals surface area contributed by atoms with Gasteiger partial charge in [0.1, 0.15) is 87.4 Å². The Balaban J connectivity index is -0.000000738. The smallest absolute Gasteiger partial charge is 0.716 e. The fraction of sp³-hybridized carbons (Fsp3) is 0.347. The summed E-state index contributed by atoms with van der Waals surface area (Å²) in [6.07, 6.45) is -11.7. The van der Waals surface area contributed by atoms with Gasteiger partial charge in [0, 0.05) is 265 Å². The zero-order valence-electron chi connectivity index (χ0n) is 72.1. The Kier molecular flexibility index (Phi) is 104. The number of Topliss-reactive ketones (excluding diaryl/α,β-unsaturated/α-hetero) is 1. The van der Waals surface area contributed by atoms with E-state index in [-0.39, 0.29) is 522 Å². The minimum atomic E-state index is -5.21. The van der Waals surface area contributed by atoms with Crippen molar-refractivity contribution in [3.8, 4) is 17.2 Å². The molecule has 7 amide bonds. The number of rotatable bonds is 47. The second-order valence-electron chi connectivity index (χ2n) is 22.7. The zero-order valence-corrected chi connectivity index (χ0v) is 111. The molecule has 0 saturated heterocycles. The molecule has 8 radical (unpaired) electrons. The summed E-state index contributed by atoms with van der Waals surface area (Å²) in [7, 11) is -41.6. The first kappa shape index (κ1) is 164. The van der Waals surface area contributed by atoms with Gasteiger partial charge < -0.3 is 138 Å². The molecule has 628 valence electrons. The molecule has 8 unspecified atom stereocenters. The molecule has 0 aliphatic carbocycles. The summed E-state index contributed by atoms with van der Waals surface area (Å²) in [5, 5.41) is 88.7. The van der Waals surface area contributed by atoms with Crippen molar-refractivity contribution in [3.05, 3.63) is 123 Å². The molecule has 0 aliphatic rings. The van der Waals surface area contributed by atoms with Crippen LogP contribution < -0.4 is 331 Å². The van der Waals surface area contributed by atoms with Crippen LogP contribution in [-0.4, -0.2) is 425 Å². The minimum Gasteiger partial charge on any atom is -0.716 e. The number of nitrogens with zero attached hydrogens (tertiary/aromatic N) is 4. The maximum atomic E-state index is 13.9. The zero-order chi connectivity index (χ0) is 83.5. The van der Waals surface area contributed by atoms with Crippen molar-refractivity contribution in [2.24, 2.45) is 0 Å². The first-order chi connectivity index (χ1) is 51.6. The van der Waals surface area contributed by atoms with E-state index >= 15 is 0 Å². The number of hydrazine groups is 3. The fourth-order valence-electron chi connectivity index (χ4n) is 8.77. The van der Waals surface area contributed by atoms with Gasteiger partial charge in [-0.3, -0.25) is 127 Å². The average Bonchev–Trinajstić information content (AvgIpc) is 0.822. The van der Waals surface area contributed by atoms with Crippen LogP contribution in [0.1, 0.15) is 63.7 Å². The van der Waals surface area contributed by atoms with Gasteiger partial charge in [0.05, 0.1) is 32.7 Å².